The van der Waals surface area contributed by atoms with Crippen LogP contribution in [0.25, 0.3) is 0 Å². The Bertz CT molecular complexity index is 236. The van der Waals surface area contributed by atoms with Crippen molar-refractivity contribution >= 4 is 12.2 Å². The summed E-state index contributed by atoms with van der Waals surface area (Å²) >= 11 is 4.56. The molecule has 1 aromatic heterocycles. The van der Waals surface area contributed by atoms with Gasteiger partial charge in [0.05, 0.1) is 0 Å². The molecule has 1 N–H and O–H groups in total. The van der Waals surface area contributed by atoms with Crippen LogP contribution in [0.3, 0.4) is 0 Å². The molecule has 0 aliphatic carbocycles. The van der Waals surface area contributed by atoms with Crippen molar-refractivity contribution in [2.24, 2.45) is 0 Å². The molecular formula is C4H4N2OSZn+2. The molecular weight excluding hydrogens is 190 g/mol. The van der Waals surface area contributed by atoms with Crippen LogP contribution < -0.4 is 0 Å². The molecule has 0 radical (unpaired) electrons. The van der Waals surface area contributed by atoms with Crippen LogP contribution in [0.2, 0.25) is 0 Å². The monoisotopic (exact) mass is 192 g/mol. The molecule has 0 spiro atoms. The average Bonchev–Trinajstić information content (AvgIpc) is 1.77. The second-order valence-corrected chi connectivity index (χ2v) is 1.61. The van der Waals surface area contributed by atoms with E-state index in [1.54, 1.807) is 6.07 Å². The Labute approximate surface area is 70.1 Å². The van der Waals surface area contributed by atoms with Crippen LogP contribution in [0.4, 0.5) is 0 Å². The van der Waals surface area contributed by atoms with E-state index in [1.165, 1.54) is 12.4 Å². The largest absolute Gasteiger partial charge is 2.00 e. The molecule has 3 nitrogen and oxygen atoms in total. The minimum absolute atomic E-state index is 0. The van der Waals surface area contributed by atoms with E-state index in [2.05, 4.69) is 17.2 Å². The summed E-state index contributed by atoms with van der Waals surface area (Å²) in [6.45, 7) is 0. The minimum Gasteiger partial charge on any atom is -0.426 e. The van der Waals surface area contributed by atoms with Crippen LogP contribution in [-0.2, 0) is 19.5 Å². The Morgan fingerprint density at radius 1 is 1.67 bits per heavy atom. The molecule has 42 valence electrons. The molecule has 0 amide bonds. The standard InChI is InChI=1S/C4H4N2OS.Zn/c7-6-3-1-2-5-4(6)8;/h1-3,7H;/q;+2. The Balaban J connectivity index is 0.000000640. The van der Waals surface area contributed by atoms with Crippen molar-refractivity contribution in [2.45, 2.75) is 0 Å². The van der Waals surface area contributed by atoms with Gasteiger partial charge in [0, 0.05) is 12.4 Å². The van der Waals surface area contributed by atoms with Gasteiger partial charge in [-0.25, -0.2) is 4.98 Å². The Morgan fingerprint density at radius 3 is 2.67 bits per heavy atom. The predicted octanol–water partition coefficient (Wildman–Crippen LogP) is 0.847. The molecule has 1 rings (SSSR count). The summed E-state index contributed by atoms with van der Waals surface area (Å²) < 4.78 is 0.961. The first-order valence-corrected chi connectivity index (χ1v) is 2.44. The SMILES string of the molecule is On1cccnc1=S.[Zn+2]. The predicted molar refractivity (Wildman–Crippen MR) is 30.2 cm³/mol. The maximum absolute atomic E-state index is 8.67. The Hall–Kier alpha value is -0.277. The molecule has 0 saturated carbocycles. The summed E-state index contributed by atoms with van der Waals surface area (Å²) in [7, 11) is 0. The third kappa shape index (κ3) is 2.20. The van der Waals surface area contributed by atoms with Crippen molar-refractivity contribution in [1.82, 2.24) is 9.71 Å². The maximum Gasteiger partial charge on any atom is 2.00 e. The van der Waals surface area contributed by atoms with Crippen LogP contribution >= 0.6 is 12.2 Å². The second kappa shape index (κ2) is 3.69. The zero-order valence-electron chi connectivity index (χ0n) is 4.69. The molecule has 0 aromatic carbocycles. The van der Waals surface area contributed by atoms with E-state index >= 15 is 0 Å². The van der Waals surface area contributed by atoms with Gasteiger partial charge in [0.15, 0.2) is 0 Å². The molecule has 5 heteroatoms. The fourth-order valence-electron chi connectivity index (χ4n) is 0.350. The van der Waals surface area contributed by atoms with E-state index in [9.17, 15) is 0 Å². The quantitative estimate of drug-likeness (QED) is 0.377. The van der Waals surface area contributed by atoms with Crippen molar-refractivity contribution in [3.63, 3.8) is 0 Å². The molecule has 1 heterocycles. The molecule has 1 aromatic rings. The second-order valence-electron chi connectivity index (χ2n) is 1.25. The van der Waals surface area contributed by atoms with Crippen molar-refractivity contribution < 1.29 is 24.7 Å². The Morgan fingerprint density at radius 2 is 2.33 bits per heavy atom. The van der Waals surface area contributed by atoms with Crippen molar-refractivity contribution in [2.75, 3.05) is 0 Å². The molecule has 9 heavy (non-hydrogen) atoms. The number of rotatable bonds is 0. The zero-order chi connectivity index (χ0) is 5.98. The first kappa shape index (κ1) is 8.72. The summed E-state index contributed by atoms with van der Waals surface area (Å²) in [5.74, 6) is 0. The first-order chi connectivity index (χ1) is 3.80. The van der Waals surface area contributed by atoms with Gasteiger partial charge in [-0.15, -0.1) is 0 Å². The van der Waals surface area contributed by atoms with Gasteiger partial charge in [-0.05, 0) is 18.3 Å². The van der Waals surface area contributed by atoms with Crippen LogP contribution in [0, 0.1) is 4.77 Å². The van der Waals surface area contributed by atoms with E-state index in [4.69, 9.17) is 5.21 Å². The van der Waals surface area contributed by atoms with E-state index in [0.29, 0.717) is 0 Å². The van der Waals surface area contributed by atoms with Crippen LogP contribution in [0.1, 0.15) is 0 Å². The summed E-state index contributed by atoms with van der Waals surface area (Å²) in [6, 6.07) is 1.59. The molecule has 0 saturated heterocycles. The summed E-state index contributed by atoms with van der Waals surface area (Å²) in [6.07, 6.45) is 2.95. The maximum atomic E-state index is 8.67. The van der Waals surface area contributed by atoms with Gasteiger partial charge in [-0.2, -0.15) is 4.73 Å². The third-order valence-electron chi connectivity index (χ3n) is 0.694. The first-order valence-electron chi connectivity index (χ1n) is 2.03. The Kier molecular flexibility index (Phi) is 3.58. The van der Waals surface area contributed by atoms with Gasteiger partial charge in [0.1, 0.15) is 0 Å². The van der Waals surface area contributed by atoms with Gasteiger partial charge in [-0.1, -0.05) is 0 Å². The van der Waals surface area contributed by atoms with E-state index in [-0.39, 0.29) is 24.2 Å². The van der Waals surface area contributed by atoms with Gasteiger partial charge >= 0.3 is 19.5 Å². The van der Waals surface area contributed by atoms with Crippen LogP contribution in [0.5, 0.6) is 0 Å². The van der Waals surface area contributed by atoms with E-state index < -0.39 is 0 Å². The number of aromatic nitrogens is 2. The van der Waals surface area contributed by atoms with Crippen LogP contribution in [0.15, 0.2) is 18.5 Å². The molecule has 0 bridgehead atoms. The molecule has 0 aliphatic heterocycles. The van der Waals surface area contributed by atoms with Crippen molar-refractivity contribution in [3.05, 3.63) is 23.2 Å². The van der Waals surface area contributed by atoms with E-state index in [0.717, 1.165) is 4.73 Å². The molecule has 0 fully saturated rings. The summed E-state index contributed by atoms with van der Waals surface area (Å²) in [4.78, 5) is 3.61. The smallest absolute Gasteiger partial charge is 0.426 e. The van der Waals surface area contributed by atoms with Gasteiger partial charge in [-0.3, -0.25) is 0 Å². The minimum atomic E-state index is 0. The van der Waals surface area contributed by atoms with Gasteiger partial charge < -0.3 is 5.21 Å². The zero-order valence-corrected chi connectivity index (χ0v) is 8.47. The van der Waals surface area contributed by atoms with Gasteiger partial charge in [0.25, 0.3) is 0 Å². The normalized spacial score (nSPS) is 8.00. The number of hydrogen-bond donors (Lipinski definition) is 1. The van der Waals surface area contributed by atoms with Crippen molar-refractivity contribution in [3.8, 4) is 0 Å². The summed E-state index contributed by atoms with van der Waals surface area (Å²) in [5, 5.41) is 8.67. The fourth-order valence-corrected chi connectivity index (χ4v) is 0.471. The third-order valence-corrected chi connectivity index (χ3v) is 0.987. The van der Waals surface area contributed by atoms with Gasteiger partial charge in [0.2, 0.25) is 4.77 Å². The fraction of sp³-hybridized carbons (Fsp3) is 0. The number of hydrogen-bond acceptors (Lipinski definition) is 3. The molecule has 0 unspecified atom stereocenters. The molecule has 0 atom stereocenters. The topological polar surface area (TPSA) is 38.0 Å². The van der Waals surface area contributed by atoms with Crippen LogP contribution in [-0.4, -0.2) is 14.9 Å². The average molecular weight is 194 g/mol. The summed E-state index contributed by atoms with van der Waals surface area (Å²) in [5.41, 5.74) is 0. The molecule has 0 aliphatic rings. The van der Waals surface area contributed by atoms with E-state index in [1.807, 2.05) is 0 Å². The number of nitrogens with zero attached hydrogens (tertiary/aromatic N) is 2. The van der Waals surface area contributed by atoms with Crippen molar-refractivity contribution in [1.29, 1.82) is 0 Å².